The highest BCUT2D eigenvalue weighted by molar-refractivity contribution is 6.06. The van der Waals surface area contributed by atoms with E-state index in [2.05, 4.69) is 10.4 Å². The molecule has 7 heteroatoms. The maximum Gasteiger partial charge on any atom is 0.278 e. The largest absolute Gasteiger partial charge is 0.352 e. The number of aryl methyl sites for hydroxylation is 1. The van der Waals surface area contributed by atoms with Crippen LogP contribution in [0.1, 0.15) is 35.0 Å². The smallest absolute Gasteiger partial charge is 0.278 e. The molecule has 0 spiro atoms. The molecule has 3 aromatic rings. The molecule has 2 amide bonds. The molecule has 1 unspecified atom stereocenters. The summed E-state index contributed by atoms with van der Waals surface area (Å²) >= 11 is 0. The van der Waals surface area contributed by atoms with Crippen LogP contribution >= 0.6 is 0 Å². The molecule has 0 saturated heterocycles. The molecule has 1 aliphatic rings. The highest BCUT2D eigenvalue weighted by Crippen LogP contribution is 2.32. The highest BCUT2D eigenvalue weighted by Gasteiger charge is 2.32. The summed E-state index contributed by atoms with van der Waals surface area (Å²) in [5, 5.41) is 7.08. The lowest BCUT2D eigenvalue weighted by Gasteiger charge is -2.22. The molecule has 7 nitrogen and oxygen atoms in total. The molecule has 0 radical (unpaired) electrons. The van der Waals surface area contributed by atoms with Crippen LogP contribution in [0.3, 0.4) is 0 Å². The number of anilines is 1. The maximum absolute atomic E-state index is 13.1. The molecule has 1 N–H and O–H groups in total. The SMILES string of the molecule is CC1Cc2ccccc2N1C(=O)c1ccc(=O)n(CCC(=O)NCc2ccccc2)n1. The molecule has 2 heterocycles. The van der Waals surface area contributed by atoms with Crippen molar-refractivity contribution >= 4 is 17.5 Å². The van der Waals surface area contributed by atoms with Gasteiger partial charge in [0.25, 0.3) is 11.5 Å². The summed E-state index contributed by atoms with van der Waals surface area (Å²) in [5.41, 5.74) is 2.83. The molecule has 2 aromatic carbocycles. The summed E-state index contributed by atoms with van der Waals surface area (Å²) < 4.78 is 1.18. The van der Waals surface area contributed by atoms with E-state index in [4.69, 9.17) is 0 Å². The van der Waals surface area contributed by atoms with Gasteiger partial charge in [-0.15, -0.1) is 0 Å². The molecular weight excluding hydrogens is 392 g/mol. The van der Waals surface area contributed by atoms with E-state index in [0.717, 1.165) is 23.2 Å². The van der Waals surface area contributed by atoms with Crippen molar-refractivity contribution in [3.05, 3.63) is 93.9 Å². The Hall–Kier alpha value is -3.74. The van der Waals surface area contributed by atoms with E-state index in [-0.39, 0.29) is 42.1 Å². The zero-order valence-electron chi connectivity index (χ0n) is 17.3. The fourth-order valence-electron chi connectivity index (χ4n) is 3.81. The van der Waals surface area contributed by atoms with E-state index in [1.165, 1.54) is 16.8 Å². The second kappa shape index (κ2) is 8.95. The van der Waals surface area contributed by atoms with Crippen LogP contribution in [0.5, 0.6) is 0 Å². The van der Waals surface area contributed by atoms with Gasteiger partial charge in [-0.2, -0.15) is 5.10 Å². The van der Waals surface area contributed by atoms with E-state index in [9.17, 15) is 14.4 Å². The molecule has 0 bridgehead atoms. The third kappa shape index (κ3) is 4.55. The molecule has 0 fully saturated rings. The Morgan fingerprint density at radius 1 is 1.03 bits per heavy atom. The Balaban J connectivity index is 1.43. The zero-order valence-corrected chi connectivity index (χ0v) is 17.3. The standard InChI is InChI=1S/C24H24N4O3/c1-17-15-19-9-5-6-10-21(19)28(17)24(31)20-11-12-23(30)27(26-20)14-13-22(29)25-16-18-7-3-2-4-8-18/h2-12,17H,13-16H2,1H3,(H,25,29). The number of rotatable bonds is 6. The fraction of sp³-hybridized carbons (Fsp3) is 0.250. The summed E-state index contributed by atoms with van der Waals surface area (Å²) in [7, 11) is 0. The number of nitrogens with zero attached hydrogens (tertiary/aromatic N) is 3. The van der Waals surface area contributed by atoms with Gasteiger partial charge in [0, 0.05) is 30.8 Å². The maximum atomic E-state index is 13.1. The van der Waals surface area contributed by atoms with E-state index in [0.29, 0.717) is 6.54 Å². The lowest BCUT2D eigenvalue weighted by molar-refractivity contribution is -0.121. The van der Waals surface area contributed by atoms with Crippen molar-refractivity contribution in [2.45, 2.75) is 38.9 Å². The molecule has 1 aromatic heterocycles. The minimum Gasteiger partial charge on any atom is -0.352 e. The lowest BCUT2D eigenvalue weighted by Crippen LogP contribution is -2.38. The van der Waals surface area contributed by atoms with Crippen molar-refractivity contribution in [1.29, 1.82) is 0 Å². The van der Waals surface area contributed by atoms with Crippen molar-refractivity contribution in [1.82, 2.24) is 15.1 Å². The molecule has 0 aliphatic carbocycles. The average molecular weight is 416 g/mol. The third-order valence-electron chi connectivity index (χ3n) is 5.39. The van der Waals surface area contributed by atoms with Crippen molar-refractivity contribution in [2.75, 3.05) is 4.90 Å². The molecule has 4 rings (SSSR count). The van der Waals surface area contributed by atoms with Gasteiger partial charge in [-0.25, -0.2) is 4.68 Å². The number of aromatic nitrogens is 2. The van der Waals surface area contributed by atoms with E-state index >= 15 is 0 Å². The third-order valence-corrected chi connectivity index (χ3v) is 5.39. The van der Waals surface area contributed by atoms with Crippen LogP contribution in [0.4, 0.5) is 5.69 Å². The van der Waals surface area contributed by atoms with Crippen LogP contribution in [-0.4, -0.2) is 27.6 Å². The van der Waals surface area contributed by atoms with Gasteiger partial charge in [0.15, 0.2) is 0 Å². The Morgan fingerprint density at radius 2 is 1.77 bits per heavy atom. The molecule has 31 heavy (non-hydrogen) atoms. The van der Waals surface area contributed by atoms with Crippen molar-refractivity contribution in [3.63, 3.8) is 0 Å². The summed E-state index contributed by atoms with van der Waals surface area (Å²) in [6, 6.07) is 20.2. The van der Waals surface area contributed by atoms with Gasteiger partial charge >= 0.3 is 0 Å². The number of carbonyl (C=O) groups is 2. The first kappa shape index (κ1) is 20.5. The van der Waals surface area contributed by atoms with E-state index < -0.39 is 0 Å². The van der Waals surface area contributed by atoms with Crippen LogP contribution in [0.15, 0.2) is 71.5 Å². The van der Waals surface area contributed by atoms with Gasteiger partial charge < -0.3 is 10.2 Å². The van der Waals surface area contributed by atoms with Gasteiger partial charge in [0.05, 0.1) is 6.54 Å². The number of amides is 2. The first-order chi connectivity index (χ1) is 15.0. The molecule has 158 valence electrons. The lowest BCUT2D eigenvalue weighted by atomic mass is 10.1. The second-order valence-corrected chi connectivity index (χ2v) is 7.65. The molecular formula is C24H24N4O3. The minimum absolute atomic E-state index is 0.0100. The predicted octanol–water partition coefficient (Wildman–Crippen LogP) is 2.54. The average Bonchev–Trinajstić information content (AvgIpc) is 3.13. The van der Waals surface area contributed by atoms with Crippen LogP contribution in [-0.2, 0) is 24.3 Å². The Kier molecular flexibility index (Phi) is 5.93. The first-order valence-corrected chi connectivity index (χ1v) is 10.3. The van der Waals surface area contributed by atoms with Crippen LogP contribution < -0.4 is 15.8 Å². The normalized spacial score (nSPS) is 14.9. The van der Waals surface area contributed by atoms with E-state index in [1.54, 1.807) is 4.90 Å². The summed E-state index contributed by atoms with van der Waals surface area (Å²) in [6.07, 6.45) is 0.878. The Morgan fingerprint density at radius 3 is 2.58 bits per heavy atom. The summed E-state index contributed by atoms with van der Waals surface area (Å²) in [5.74, 6) is -0.434. The summed E-state index contributed by atoms with van der Waals surface area (Å²) in [4.78, 5) is 39.3. The number of para-hydroxylation sites is 1. The number of nitrogens with one attached hydrogen (secondary N) is 1. The van der Waals surface area contributed by atoms with E-state index in [1.807, 2.05) is 61.5 Å². The van der Waals surface area contributed by atoms with Crippen molar-refractivity contribution in [2.24, 2.45) is 0 Å². The number of hydrogen-bond donors (Lipinski definition) is 1. The quantitative estimate of drug-likeness (QED) is 0.669. The van der Waals surface area contributed by atoms with Gasteiger partial charge in [-0.05, 0) is 36.6 Å². The van der Waals surface area contributed by atoms with Crippen LogP contribution in [0.2, 0.25) is 0 Å². The Bertz CT molecular complexity index is 1160. The van der Waals surface area contributed by atoms with Crippen LogP contribution in [0.25, 0.3) is 0 Å². The molecule has 1 atom stereocenters. The fourth-order valence-corrected chi connectivity index (χ4v) is 3.81. The minimum atomic E-state index is -0.345. The van der Waals surface area contributed by atoms with Crippen molar-refractivity contribution in [3.8, 4) is 0 Å². The number of hydrogen-bond acceptors (Lipinski definition) is 4. The highest BCUT2D eigenvalue weighted by atomic mass is 16.2. The first-order valence-electron chi connectivity index (χ1n) is 10.3. The Labute approximate surface area is 180 Å². The van der Waals surface area contributed by atoms with Gasteiger partial charge in [0.1, 0.15) is 5.69 Å². The second-order valence-electron chi connectivity index (χ2n) is 7.65. The number of fused-ring (bicyclic) bond motifs is 1. The zero-order chi connectivity index (χ0) is 21.8. The summed E-state index contributed by atoms with van der Waals surface area (Å²) in [6.45, 7) is 2.52. The van der Waals surface area contributed by atoms with Gasteiger partial charge in [-0.1, -0.05) is 48.5 Å². The molecule has 1 aliphatic heterocycles. The van der Waals surface area contributed by atoms with Gasteiger partial charge in [-0.3, -0.25) is 14.4 Å². The number of carbonyl (C=O) groups excluding carboxylic acids is 2. The monoisotopic (exact) mass is 416 g/mol. The van der Waals surface area contributed by atoms with Crippen molar-refractivity contribution < 1.29 is 9.59 Å². The van der Waals surface area contributed by atoms with Gasteiger partial charge in [0.2, 0.25) is 5.91 Å². The molecule has 0 saturated carbocycles. The number of benzene rings is 2. The van der Waals surface area contributed by atoms with Crippen LogP contribution in [0, 0.1) is 0 Å². The predicted molar refractivity (Wildman–Crippen MR) is 118 cm³/mol. The topological polar surface area (TPSA) is 84.3 Å².